The van der Waals surface area contributed by atoms with Crippen LogP contribution in [0.15, 0.2) is 16.9 Å². The molecule has 0 aromatic carbocycles. The van der Waals surface area contributed by atoms with E-state index in [2.05, 4.69) is 13.8 Å². The summed E-state index contributed by atoms with van der Waals surface area (Å²) < 4.78 is 1.82. The van der Waals surface area contributed by atoms with E-state index in [-0.39, 0.29) is 11.6 Å². The third-order valence-corrected chi connectivity index (χ3v) is 2.30. The third kappa shape index (κ3) is 2.85. The summed E-state index contributed by atoms with van der Waals surface area (Å²) in [6.45, 7) is 8.31. The van der Waals surface area contributed by atoms with Crippen LogP contribution in [0.2, 0.25) is 0 Å². The Morgan fingerprint density at radius 3 is 2.33 bits per heavy atom. The fraction of sp³-hybridized carbons (Fsp3) is 0.583. The van der Waals surface area contributed by atoms with E-state index in [1.165, 1.54) is 6.07 Å². The van der Waals surface area contributed by atoms with Crippen molar-refractivity contribution in [2.75, 3.05) is 5.73 Å². The fourth-order valence-electron chi connectivity index (χ4n) is 1.82. The van der Waals surface area contributed by atoms with Crippen LogP contribution in [0.5, 0.6) is 0 Å². The van der Waals surface area contributed by atoms with Gasteiger partial charge in [0.1, 0.15) is 0 Å². The van der Waals surface area contributed by atoms with Gasteiger partial charge in [0.2, 0.25) is 0 Å². The first-order chi connectivity index (χ1) is 6.91. The van der Waals surface area contributed by atoms with Crippen LogP contribution in [0.1, 0.15) is 39.4 Å². The SMILES string of the molecule is CC(C)Cc1cc(N)cc(=O)n1C(C)C. The average Bonchev–Trinajstić information content (AvgIpc) is 1.99. The minimum atomic E-state index is 0.000602. The number of anilines is 1. The number of rotatable bonds is 3. The van der Waals surface area contributed by atoms with Gasteiger partial charge in [-0.2, -0.15) is 0 Å². The van der Waals surface area contributed by atoms with Crippen LogP contribution in [0.3, 0.4) is 0 Å². The molecule has 0 radical (unpaired) electrons. The smallest absolute Gasteiger partial charge is 0.253 e. The summed E-state index contributed by atoms with van der Waals surface area (Å²) in [7, 11) is 0. The summed E-state index contributed by atoms with van der Waals surface area (Å²) in [5, 5.41) is 0. The molecular formula is C12H20N2O. The molecule has 0 saturated carbocycles. The molecular weight excluding hydrogens is 188 g/mol. The topological polar surface area (TPSA) is 48.0 Å². The van der Waals surface area contributed by atoms with Crippen molar-refractivity contribution in [3.8, 4) is 0 Å². The maximum absolute atomic E-state index is 11.8. The molecule has 0 fully saturated rings. The molecule has 1 aromatic heterocycles. The number of hydrogen-bond donors (Lipinski definition) is 1. The standard InChI is InChI=1S/C12H20N2O/c1-8(2)5-11-6-10(13)7-12(15)14(11)9(3)4/h6-9H,5,13H2,1-4H3. The number of hydrogen-bond acceptors (Lipinski definition) is 2. The molecule has 0 aliphatic carbocycles. The molecule has 3 nitrogen and oxygen atoms in total. The molecule has 3 heteroatoms. The zero-order chi connectivity index (χ0) is 11.6. The van der Waals surface area contributed by atoms with Gasteiger partial charge in [-0.25, -0.2) is 0 Å². The molecule has 0 aliphatic rings. The fourth-order valence-corrected chi connectivity index (χ4v) is 1.82. The van der Waals surface area contributed by atoms with E-state index in [0.29, 0.717) is 11.6 Å². The first-order valence-corrected chi connectivity index (χ1v) is 5.42. The summed E-state index contributed by atoms with van der Waals surface area (Å²) in [6.07, 6.45) is 0.887. The molecule has 2 N–H and O–H groups in total. The van der Waals surface area contributed by atoms with E-state index in [9.17, 15) is 4.79 Å². The lowest BCUT2D eigenvalue weighted by molar-refractivity contribution is 0.520. The quantitative estimate of drug-likeness (QED) is 0.828. The lowest BCUT2D eigenvalue weighted by atomic mass is 10.1. The molecule has 15 heavy (non-hydrogen) atoms. The van der Waals surface area contributed by atoms with Gasteiger partial charge in [-0.05, 0) is 32.3 Å². The van der Waals surface area contributed by atoms with Crippen molar-refractivity contribution in [3.05, 3.63) is 28.2 Å². The van der Waals surface area contributed by atoms with Gasteiger partial charge in [-0.15, -0.1) is 0 Å². The Kier molecular flexibility index (Phi) is 3.56. The van der Waals surface area contributed by atoms with E-state index in [0.717, 1.165) is 12.1 Å². The highest BCUT2D eigenvalue weighted by atomic mass is 16.1. The largest absolute Gasteiger partial charge is 0.399 e. The summed E-state index contributed by atoms with van der Waals surface area (Å²) in [5.41, 5.74) is 7.29. The third-order valence-electron chi connectivity index (χ3n) is 2.30. The van der Waals surface area contributed by atoms with Crippen molar-refractivity contribution in [2.24, 2.45) is 5.92 Å². The van der Waals surface area contributed by atoms with Gasteiger partial charge >= 0.3 is 0 Å². The van der Waals surface area contributed by atoms with E-state index in [4.69, 9.17) is 5.73 Å². The van der Waals surface area contributed by atoms with Gasteiger partial charge in [0.05, 0.1) is 0 Å². The molecule has 0 aliphatic heterocycles. The molecule has 0 spiro atoms. The lowest BCUT2D eigenvalue weighted by Crippen LogP contribution is -2.25. The van der Waals surface area contributed by atoms with Gasteiger partial charge < -0.3 is 10.3 Å². The predicted molar refractivity (Wildman–Crippen MR) is 64.0 cm³/mol. The Bertz CT molecular complexity index is 391. The number of nitrogen functional groups attached to an aromatic ring is 1. The zero-order valence-corrected chi connectivity index (χ0v) is 9.95. The molecule has 1 heterocycles. The highest BCUT2D eigenvalue weighted by Crippen LogP contribution is 2.13. The molecule has 0 saturated heterocycles. The zero-order valence-electron chi connectivity index (χ0n) is 9.95. The molecule has 1 aromatic rings. The van der Waals surface area contributed by atoms with E-state index >= 15 is 0 Å². The van der Waals surface area contributed by atoms with Crippen LogP contribution in [-0.4, -0.2) is 4.57 Å². The van der Waals surface area contributed by atoms with E-state index < -0.39 is 0 Å². The lowest BCUT2D eigenvalue weighted by Gasteiger charge is -2.18. The Labute approximate surface area is 90.9 Å². The predicted octanol–water partition coefficient (Wildman–Crippen LogP) is 2.21. The van der Waals surface area contributed by atoms with Crippen LogP contribution in [0, 0.1) is 5.92 Å². The monoisotopic (exact) mass is 208 g/mol. The van der Waals surface area contributed by atoms with E-state index in [1.54, 1.807) is 0 Å². The van der Waals surface area contributed by atoms with Gasteiger partial charge in [-0.1, -0.05) is 13.8 Å². The molecule has 0 amide bonds. The second-order valence-electron chi connectivity index (χ2n) is 4.68. The van der Waals surface area contributed by atoms with Crippen molar-refractivity contribution in [3.63, 3.8) is 0 Å². The number of nitrogens with zero attached hydrogens (tertiary/aromatic N) is 1. The minimum absolute atomic E-state index is 0.000602. The Morgan fingerprint density at radius 1 is 1.27 bits per heavy atom. The summed E-state index contributed by atoms with van der Waals surface area (Å²) in [4.78, 5) is 11.8. The van der Waals surface area contributed by atoms with Gasteiger partial charge in [0.25, 0.3) is 5.56 Å². The van der Waals surface area contributed by atoms with Crippen LogP contribution < -0.4 is 11.3 Å². The van der Waals surface area contributed by atoms with Crippen molar-refractivity contribution < 1.29 is 0 Å². The number of aromatic nitrogens is 1. The van der Waals surface area contributed by atoms with Crippen molar-refractivity contribution in [2.45, 2.75) is 40.2 Å². The molecule has 0 bridgehead atoms. The van der Waals surface area contributed by atoms with Crippen molar-refractivity contribution in [1.29, 1.82) is 0 Å². The molecule has 84 valence electrons. The van der Waals surface area contributed by atoms with Crippen LogP contribution in [0.4, 0.5) is 5.69 Å². The van der Waals surface area contributed by atoms with E-state index in [1.807, 2.05) is 24.5 Å². The van der Waals surface area contributed by atoms with Gasteiger partial charge in [0.15, 0.2) is 0 Å². The average molecular weight is 208 g/mol. The van der Waals surface area contributed by atoms with Crippen LogP contribution >= 0.6 is 0 Å². The Hall–Kier alpha value is -1.25. The highest BCUT2D eigenvalue weighted by Gasteiger charge is 2.09. The molecule has 0 atom stereocenters. The minimum Gasteiger partial charge on any atom is -0.399 e. The summed E-state index contributed by atoms with van der Waals surface area (Å²) in [6, 6.07) is 3.58. The normalized spacial score (nSPS) is 11.3. The van der Waals surface area contributed by atoms with Crippen molar-refractivity contribution in [1.82, 2.24) is 4.57 Å². The van der Waals surface area contributed by atoms with Gasteiger partial charge in [-0.3, -0.25) is 4.79 Å². The first kappa shape index (κ1) is 11.8. The maximum Gasteiger partial charge on any atom is 0.253 e. The second-order valence-corrected chi connectivity index (χ2v) is 4.68. The summed E-state index contributed by atoms with van der Waals surface area (Å²) in [5.74, 6) is 0.524. The van der Waals surface area contributed by atoms with Crippen LogP contribution in [0.25, 0.3) is 0 Å². The summed E-state index contributed by atoms with van der Waals surface area (Å²) >= 11 is 0. The van der Waals surface area contributed by atoms with Gasteiger partial charge in [0, 0.05) is 23.5 Å². The molecule has 1 rings (SSSR count). The second kappa shape index (κ2) is 4.51. The Balaban J connectivity index is 3.27. The first-order valence-electron chi connectivity index (χ1n) is 5.42. The van der Waals surface area contributed by atoms with Crippen LogP contribution in [-0.2, 0) is 6.42 Å². The number of pyridine rings is 1. The maximum atomic E-state index is 11.8. The molecule has 0 unspecified atom stereocenters. The number of nitrogens with two attached hydrogens (primary N) is 1. The van der Waals surface area contributed by atoms with Crippen molar-refractivity contribution >= 4 is 5.69 Å². The Morgan fingerprint density at radius 2 is 1.87 bits per heavy atom. The highest BCUT2D eigenvalue weighted by molar-refractivity contribution is 5.38.